The quantitative estimate of drug-likeness (QED) is 0.137. The van der Waals surface area contributed by atoms with Crippen LogP contribution in [0.15, 0.2) is 243 Å². The highest BCUT2D eigenvalue weighted by Gasteiger charge is 2.46. The Bertz CT molecular complexity index is 2750. The van der Waals surface area contributed by atoms with Crippen molar-refractivity contribution in [3.8, 4) is 22.3 Å². The molecule has 0 fully saturated rings. The minimum Gasteiger partial charge on any atom is -0.311 e. The first kappa shape index (κ1) is 35.4. The van der Waals surface area contributed by atoms with E-state index in [2.05, 4.69) is 187 Å². The molecule has 0 radical (unpaired) electrons. The first-order valence-corrected chi connectivity index (χ1v) is 21.5. The van der Waals surface area contributed by atoms with Crippen molar-refractivity contribution in [2.45, 2.75) is 5.41 Å². The molecule has 0 unspecified atom stereocenters. The van der Waals surface area contributed by atoms with Crippen LogP contribution in [0.2, 0.25) is 0 Å². The predicted molar refractivity (Wildman–Crippen MR) is 243 cm³/mol. The monoisotopic (exact) mass is 761 g/mol. The van der Waals surface area contributed by atoms with Crippen LogP contribution < -0.4 is 20.8 Å². The van der Waals surface area contributed by atoms with Crippen molar-refractivity contribution >= 4 is 40.1 Å². The summed E-state index contributed by atoms with van der Waals surface area (Å²) in [7, 11) is -3.14. The zero-order valence-electron chi connectivity index (χ0n) is 31.9. The Labute approximate surface area is 340 Å². The Morgan fingerprint density at radius 3 is 1.09 bits per heavy atom. The van der Waals surface area contributed by atoms with E-state index in [0.29, 0.717) is 0 Å². The second kappa shape index (κ2) is 14.8. The molecular formula is C55H40NOP. The average Bonchev–Trinajstić information content (AvgIpc) is 3.61. The van der Waals surface area contributed by atoms with Crippen LogP contribution in [-0.4, -0.2) is 0 Å². The molecule has 1 aliphatic rings. The third-order valence-electron chi connectivity index (χ3n) is 11.7. The van der Waals surface area contributed by atoms with Gasteiger partial charge in [-0.3, -0.25) is 0 Å². The fraction of sp³-hybridized carbons (Fsp3) is 0.0182. The maximum absolute atomic E-state index is 15.4. The van der Waals surface area contributed by atoms with Crippen molar-refractivity contribution in [2.24, 2.45) is 0 Å². The van der Waals surface area contributed by atoms with Gasteiger partial charge in [0.05, 0.1) is 5.41 Å². The van der Waals surface area contributed by atoms with Gasteiger partial charge in [0.25, 0.3) is 0 Å². The number of hydrogen-bond donors (Lipinski definition) is 0. The Hall–Kier alpha value is -6.99. The highest BCUT2D eigenvalue weighted by atomic mass is 31.2. The van der Waals surface area contributed by atoms with E-state index in [0.717, 1.165) is 49.7 Å². The fourth-order valence-electron chi connectivity index (χ4n) is 8.99. The molecule has 9 aromatic rings. The second-order valence-corrected chi connectivity index (χ2v) is 17.6. The Balaban J connectivity index is 1.07. The van der Waals surface area contributed by atoms with Crippen molar-refractivity contribution in [2.75, 3.05) is 4.90 Å². The molecule has 0 aliphatic heterocycles. The topological polar surface area (TPSA) is 20.3 Å². The van der Waals surface area contributed by atoms with Gasteiger partial charge in [-0.1, -0.05) is 206 Å². The molecule has 0 amide bonds. The average molecular weight is 762 g/mol. The maximum atomic E-state index is 15.4. The molecule has 2 nitrogen and oxygen atoms in total. The summed E-state index contributed by atoms with van der Waals surface area (Å²) < 4.78 is 15.4. The molecule has 276 valence electrons. The van der Waals surface area contributed by atoms with Crippen molar-refractivity contribution in [3.05, 3.63) is 265 Å². The number of rotatable bonds is 9. The van der Waals surface area contributed by atoms with Gasteiger partial charge in [0.2, 0.25) is 0 Å². The zero-order chi connectivity index (χ0) is 38.9. The molecule has 3 heteroatoms. The van der Waals surface area contributed by atoms with E-state index in [-0.39, 0.29) is 0 Å². The molecule has 0 N–H and O–H groups in total. The number of nitrogens with zero attached hydrogens (tertiary/aromatic N) is 1. The molecule has 0 aromatic heterocycles. The number of hydrogen-bond acceptors (Lipinski definition) is 2. The number of benzene rings is 9. The lowest BCUT2D eigenvalue weighted by molar-refractivity contribution is 0.592. The lowest BCUT2D eigenvalue weighted by atomic mass is 9.67. The van der Waals surface area contributed by atoms with E-state index in [1.165, 1.54) is 27.8 Å². The summed E-state index contributed by atoms with van der Waals surface area (Å²) >= 11 is 0. The van der Waals surface area contributed by atoms with Gasteiger partial charge in [-0.25, -0.2) is 0 Å². The van der Waals surface area contributed by atoms with Crippen LogP contribution in [0.25, 0.3) is 22.3 Å². The lowest BCUT2D eigenvalue weighted by Gasteiger charge is -2.34. The third-order valence-corrected chi connectivity index (χ3v) is 14.7. The van der Waals surface area contributed by atoms with Gasteiger partial charge in [0.1, 0.15) is 0 Å². The van der Waals surface area contributed by atoms with Crippen molar-refractivity contribution in [1.29, 1.82) is 0 Å². The first-order chi connectivity index (χ1) is 28.7. The number of fused-ring (bicyclic) bond motifs is 3. The van der Waals surface area contributed by atoms with Crippen LogP contribution in [0.4, 0.5) is 17.1 Å². The molecule has 1 aliphatic carbocycles. The Morgan fingerprint density at radius 2 is 0.638 bits per heavy atom. The van der Waals surface area contributed by atoms with Crippen LogP contribution in [0.5, 0.6) is 0 Å². The summed E-state index contributed by atoms with van der Waals surface area (Å²) in [6, 6.07) is 85.0. The molecule has 0 saturated heterocycles. The van der Waals surface area contributed by atoms with Crippen LogP contribution in [0.3, 0.4) is 0 Å². The van der Waals surface area contributed by atoms with E-state index in [1.54, 1.807) is 0 Å². The molecule has 0 heterocycles. The van der Waals surface area contributed by atoms with E-state index >= 15 is 4.57 Å². The molecule has 9 aromatic carbocycles. The molecular weight excluding hydrogens is 722 g/mol. The van der Waals surface area contributed by atoms with Crippen LogP contribution in [0, 0.1) is 0 Å². The predicted octanol–water partition coefficient (Wildman–Crippen LogP) is 12.8. The van der Waals surface area contributed by atoms with E-state index in [9.17, 15) is 0 Å². The fourth-order valence-corrected chi connectivity index (χ4v) is 11.6. The molecule has 58 heavy (non-hydrogen) atoms. The largest absolute Gasteiger partial charge is 0.311 e. The lowest BCUT2D eigenvalue weighted by Crippen LogP contribution is -2.30. The molecule has 0 spiro atoms. The van der Waals surface area contributed by atoms with Crippen LogP contribution in [0.1, 0.15) is 22.3 Å². The van der Waals surface area contributed by atoms with Gasteiger partial charge in [-0.15, -0.1) is 0 Å². The molecule has 0 saturated carbocycles. The van der Waals surface area contributed by atoms with Gasteiger partial charge in [0.15, 0.2) is 7.14 Å². The minimum absolute atomic E-state index is 0.580. The summed E-state index contributed by atoms with van der Waals surface area (Å²) in [6.07, 6.45) is 0. The minimum atomic E-state index is -3.14. The summed E-state index contributed by atoms with van der Waals surface area (Å²) in [4.78, 5) is 2.29. The second-order valence-electron chi connectivity index (χ2n) is 14.8. The van der Waals surface area contributed by atoms with Gasteiger partial charge < -0.3 is 9.46 Å². The SMILES string of the molecule is O=P(c1ccccc1)(c1ccccc1)c1ccc(C2(c3ccc(-c4ccc(N(c5ccccc5)c5ccccc5)cc4)cc3)c3ccccc3-c3ccccc32)cc1. The summed E-state index contributed by atoms with van der Waals surface area (Å²) in [5.74, 6) is 0. The van der Waals surface area contributed by atoms with Gasteiger partial charge in [-0.05, 0) is 80.9 Å². The summed E-state index contributed by atoms with van der Waals surface area (Å²) in [5.41, 5.74) is 12.4. The van der Waals surface area contributed by atoms with Gasteiger partial charge >= 0.3 is 0 Å². The van der Waals surface area contributed by atoms with E-state index in [1.807, 2.05) is 60.7 Å². The van der Waals surface area contributed by atoms with E-state index in [4.69, 9.17) is 0 Å². The van der Waals surface area contributed by atoms with Crippen molar-refractivity contribution < 1.29 is 4.57 Å². The number of anilines is 3. The van der Waals surface area contributed by atoms with Crippen molar-refractivity contribution in [1.82, 2.24) is 0 Å². The van der Waals surface area contributed by atoms with Gasteiger partial charge in [-0.2, -0.15) is 0 Å². The molecule has 10 rings (SSSR count). The Kier molecular flexibility index (Phi) is 9.06. The number of para-hydroxylation sites is 2. The first-order valence-electron chi connectivity index (χ1n) is 19.8. The molecule has 0 bridgehead atoms. The van der Waals surface area contributed by atoms with Crippen molar-refractivity contribution in [3.63, 3.8) is 0 Å². The highest BCUT2D eigenvalue weighted by Crippen LogP contribution is 2.56. The van der Waals surface area contributed by atoms with E-state index < -0.39 is 12.6 Å². The Morgan fingerprint density at radius 1 is 0.310 bits per heavy atom. The van der Waals surface area contributed by atoms with Gasteiger partial charge in [0, 0.05) is 33.0 Å². The van der Waals surface area contributed by atoms with Crippen LogP contribution >= 0.6 is 7.14 Å². The maximum Gasteiger partial charge on any atom is 0.171 e. The molecule has 0 atom stereocenters. The third kappa shape index (κ3) is 5.85. The highest BCUT2D eigenvalue weighted by molar-refractivity contribution is 7.85. The summed E-state index contributed by atoms with van der Waals surface area (Å²) in [6.45, 7) is 0. The normalized spacial score (nSPS) is 12.7. The standard InChI is InChI=1S/C55H40NOP/c57-58(48-21-9-3-10-22-48,49-23-11-4-12-24-49)50-39-35-44(36-40-50)55(53-27-15-13-25-51(53)52-26-14-16-28-54(52)55)43-33-29-41(30-34-43)42-31-37-47(38-32-42)56(45-17-5-1-6-18-45)46-19-7-2-8-20-46/h1-40H. The van der Waals surface area contributed by atoms with Crippen LogP contribution in [-0.2, 0) is 9.98 Å². The summed E-state index contributed by atoms with van der Waals surface area (Å²) in [5, 5.41) is 2.48. The zero-order valence-corrected chi connectivity index (χ0v) is 32.8. The smallest absolute Gasteiger partial charge is 0.171 e.